The van der Waals surface area contributed by atoms with Crippen molar-refractivity contribution in [2.24, 2.45) is 0 Å². The lowest BCUT2D eigenvalue weighted by Crippen LogP contribution is -2.71. The minimum Gasteiger partial charge on any atom is -0.383 e. The van der Waals surface area contributed by atoms with Gasteiger partial charge in [0.05, 0.1) is 0 Å². The lowest BCUT2D eigenvalue weighted by Gasteiger charge is -2.35. The molecule has 0 saturated carbocycles. The van der Waals surface area contributed by atoms with Gasteiger partial charge in [0.25, 0.3) is 0 Å². The van der Waals surface area contributed by atoms with Crippen molar-refractivity contribution in [2.75, 3.05) is 9.96 Å². The average molecular weight is 439 g/mol. The number of hydrogen-bond donors (Lipinski definition) is 2. The monoisotopic (exact) mass is 438 g/mol. The van der Waals surface area contributed by atoms with Crippen molar-refractivity contribution < 1.29 is 17.6 Å². The van der Waals surface area contributed by atoms with Gasteiger partial charge in [-0.1, -0.05) is 72.8 Å². The predicted molar refractivity (Wildman–Crippen MR) is 118 cm³/mol. The van der Waals surface area contributed by atoms with E-state index in [0.29, 0.717) is 10.4 Å². The molecule has 31 heavy (non-hydrogen) atoms. The van der Waals surface area contributed by atoms with Gasteiger partial charge in [0, 0.05) is 0 Å². The van der Waals surface area contributed by atoms with Crippen LogP contribution in [0.25, 0.3) is 0 Å². The second-order valence-corrected chi connectivity index (χ2v) is 10.1. The summed E-state index contributed by atoms with van der Waals surface area (Å²) in [5.74, 6) is -3.22. The summed E-state index contributed by atoms with van der Waals surface area (Å²) in [6.45, 7) is 0. The summed E-state index contributed by atoms with van der Waals surface area (Å²) < 4.78 is 58.6. The average Bonchev–Trinajstić information content (AvgIpc) is 2.79. The number of benzene rings is 4. The van der Waals surface area contributed by atoms with Gasteiger partial charge in [0.2, 0.25) is 0 Å². The summed E-state index contributed by atoms with van der Waals surface area (Å²) in [6.07, 6.45) is 0. The predicted octanol–water partition coefficient (Wildman–Crippen LogP) is 5.02. The Hall–Kier alpha value is -3.58. The molecular weight excluding hydrogens is 420 g/mol. The maximum atomic E-state index is 14.7. The number of nitrogens with one attached hydrogen (secondary N) is 2. The van der Waals surface area contributed by atoms with E-state index >= 15 is 0 Å². The van der Waals surface area contributed by atoms with Gasteiger partial charge in [0.1, 0.15) is 34.6 Å². The van der Waals surface area contributed by atoms with Crippen molar-refractivity contribution in [3.63, 3.8) is 0 Å². The molecule has 0 atom stereocenters. The van der Waals surface area contributed by atoms with Gasteiger partial charge in [-0.2, -0.15) is 0 Å². The highest BCUT2D eigenvalue weighted by molar-refractivity contribution is 7.06. The highest BCUT2D eigenvalue weighted by Crippen LogP contribution is 2.25. The standard InChI is InChI=1S/C24H18F4N2Si/c25-19-13-7-14-20(26)23(19)29-31(17-9-3-1-4-10-17,18-11-5-2-6-12-18)30-24-21(27)15-8-16-22(24)28/h1-16,29-30H. The van der Waals surface area contributed by atoms with E-state index in [0.717, 1.165) is 24.3 Å². The van der Waals surface area contributed by atoms with Crippen molar-refractivity contribution in [1.82, 2.24) is 0 Å². The van der Waals surface area contributed by atoms with E-state index in [4.69, 9.17) is 0 Å². The zero-order valence-electron chi connectivity index (χ0n) is 16.2. The number of rotatable bonds is 6. The zero-order chi connectivity index (χ0) is 21.8. The Balaban J connectivity index is 2.00. The van der Waals surface area contributed by atoms with Crippen LogP contribution < -0.4 is 20.3 Å². The van der Waals surface area contributed by atoms with Crippen LogP contribution in [0.3, 0.4) is 0 Å². The zero-order valence-corrected chi connectivity index (χ0v) is 17.2. The summed E-state index contributed by atoms with van der Waals surface area (Å²) in [5, 5.41) is 1.26. The van der Waals surface area contributed by atoms with Crippen LogP contribution in [0.15, 0.2) is 97.1 Å². The van der Waals surface area contributed by atoms with Crippen LogP contribution in [0, 0.1) is 23.3 Å². The van der Waals surface area contributed by atoms with Crippen LogP contribution in [0.5, 0.6) is 0 Å². The molecule has 4 aromatic carbocycles. The Kier molecular flexibility index (Phi) is 5.77. The number of para-hydroxylation sites is 2. The molecule has 2 N–H and O–H groups in total. The summed E-state index contributed by atoms with van der Waals surface area (Å²) in [5.41, 5.74) is -0.739. The van der Waals surface area contributed by atoms with E-state index in [1.165, 1.54) is 12.1 Å². The van der Waals surface area contributed by atoms with E-state index in [-0.39, 0.29) is 11.4 Å². The maximum absolute atomic E-state index is 14.7. The molecule has 0 saturated heterocycles. The Bertz CT molecular complexity index is 1050. The normalized spacial score (nSPS) is 11.2. The molecule has 0 amide bonds. The van der Waals surface area contributed by atoms with Gasteiger partial charge in [-0.05, 0) is 34.6 Å². The molecule has 0 unspecified atom stereocenters. The lowest BCUT2D eigenvalue weighted by molar-refractivity contribution is 0.590. The summed E-state index contributed by atoms with van der Waals surface area (Å²) in [4.78, 5) is 6.02. The van der Waals surface area contributed by atoms with E-state index in [1.807, 2.05) is 0 Å². The Morgan fingerprint density at radius 2 is 0.742 bits per heavy atom. The minimum absolute atomic E-state index is 0.369. The van der Waals surface area contributed by atoms with Crippen molar-refractivity contribution in [3.05, 3.63) is 120 Å². The van der Waals surface area contributed by atoms with Gasteiger partial charge in [-0.3, -0.25) is 0 Å². The fourth-order valence-corrected chi connectivity index (χ4v) is 7.06. The molecule has 0 aliphatic heterocycles. The van der Waals surface area contributed by atoms with Gasteiger partial charge in [-0.15, -0.1) is 0 Å². The molecule has 7 heteroatoms. The maximum Gasteiger partial charge on any atom is 0.326 e. The number of halogens is 4. The molecule has 0 bridgehead atoms. The van der Waals surface area contributed by atoms with Gasteiger partial charge >= 0.3 is 8.40 Å². The first-order chi connectivity index (χ1) is 15.0. The molecule has 0 spiro atoms. The molecule has 0 aliphatic carbocycles. The molecule has 0 heterocycles. The van der Waals surface area contributed by atoms with Crippen molar-refractivity contribution in [3.8, 4) is 0 Å². The second-order valence-electron chi connectivity index (χ2n) is 6.93. The third kappa shape index (κ3) is 4.04. The molecular formula is C24H18F4N2Si. The molecule has 0 aromatic heterocycles. The van der Waals surface area contributed by atoms with Crippen LogP contribution in [0.2, 0.25) is 0 Å². The van der Waals surface area contributed by atoms with Gasteiger partial charge < -0.3 is 9.96 Å². The third-order valence-corrected chi connectivity index (χ3v) is 8.61. The highest BCUT2D eigenvalue weighted by Gasteiger charge is 2.42. The fourth-order valence-electron chi connectivity index (χ4n) is 3.47. The molecule has 0 radical (unpaired) electrons. The minimum atomic E-state index is -3.61. The fraction of sp³-hybridized carbons (Fsp3) is 0. The molecule has 4 aromatic rings. The quantitative estimate of drug-likeness (QED) is 0.326. The van der Waals surface area contributed by atoms with E-state index in [1.54, 1.807) is 60.7 Å². The first-order valence-corrected chi connectivity index (χ1v) is 11.6. The Labute approximate surface area is 178 Å². The highest BCUT2D eigenvalue weighted by atomic mass is 28.3. The summed E-state index contributed by atoms with van der Waals surface area (Å²) in [7, 11) is -3.61. The van der Waals surface area contributed by atoms with E-state index in [9.17, 15) is 17.6 Å². The molecule has 156 valence electrons. The van der Waals surface area contributed by atoms with Crippen molar-refractivity contribution in [2.45, 2.75) is 0 Å². The van der Waals surface area contributed by atoms with E-state index in [2.05, 4.69) is 9.96 Å². The topological polar surface area (TPSA) is 24.1 Å². The number of hydrogen-bond acceptors (Lipinski definition) is 2. The smallest absolute Gasteiger partial charge is 0.326 e. The van der Waals surface area contributed by atoms with Crippen molar-refractivity contribution >= 4 is 30.1 Å². The van der Waals surface area contributed by atoms with Gasteiger partial charge in [0.15, 0.2) is 0 Å². The second kappa shape index (κ2) is 8.65. The van der Waals surface area contributed by atoms with Gasteiger partial charge in [-0.25, -0.2) is 17.6 Å². The van der Waals surface area contributed by atoms with Crippen LogP contribution in [-0.4, -0.2) is 8.40 Å². The molecule has 2 nitrogen and oxygen atoms in total. The molecule has 4 rings (SSSR count). The van der Waals surface area contributed by atoms with Crippen LogP contribution in [0.4, 0.5) is 28.9 Å². The third-order valence-electron chi connectivity index (χ3n) is 4.96. The van der Waals surface area contributed by atoms with Crippen LogP contribution >= 0.6 is 0 Å². The Morgan fingerprint density at radius 1 is 0.419 bits per heavy atom. The lowest BCUT2D eigenvalue weighted by atomic mass is 10.3. The van der Waals surface area contributed by atoms with E-state index < -0.39 is 31.7 Å². The summed E-state index contributed by atoms with van der Waals surface area (Å²) in [6, 6.07) is 24.7. The summed E-state index contributed by atoms with van der Waals surface area (Å²) >= 11 is 0. The van der Waals surface area contributed by atoms with Crippen molar-refractivity contribution in [1.29, 1.82) is 0 Å². The first kappa shape index (κ1) is 20.7. The Morgan fingerprint density at radius 3 is 1.06 bits per heavy atom. The largest absolute Gasteiger partial charge is 0.383 e. The molecule has 0 fully saturated rings. The van der Waals surface area contributed by atoms with Crippen LogP contribution in [-0.2, 0) is 0 Å². The molecule has 0 aliphatic rings. The van der Waals surface area contributed by atoms with Crippen LogP contribution in [0.1, 0.15) is 0 Å². The number of anilines is 2. The first-order valence-electron chi connectivity index (χ1n) is 9.57. The SMILES string of the molecule is Fc1cccc(F)c1N[Si](Nc1c(F)cccc1F)(c1ccccc1)c1ccccc1.